The number of benzene rings is 2. The van der Waals surface area contributed by atoms with Crippen LogP contribution in [0.5, 0.6) is 5.75 Å². The highest BCUT2D eigenvalue weighted by molar-refractivity contribution is 6.31. The fourth-order valence-corrected chi connectivity index (χ4v) is 3.30. The van der Waals surface area contributed by atoms with Crippen molar-refractivity contribution < 1.29 is 18.7 Å². The Morgan fingerprint density at radius 3 is 2.76 bits per heavy atom. The molecule has 0 spiro atoms. The Morgan fingerprint density at radius 1 is 1.26 bits per heavy atom. The lowest BCUT2D eigenvalue weighted by Crippen LogP contribution is -2.19. The molecule has 0 bridgehead atoms. The van der Waals surface area contributed by atoms with Gasteiger partial charge in [-0.25, -0.2) is 14.4 Å². The zero-order valence-electron chi connectivity index (χ0n) is 19.4. The Kier molecular flexibility index (Phi) is 8.75. The van der Waals surface area contributed by atoms with Gasteiger partial charge in [0.05, 0.1) is 22.8 Å². The molecule has 1 heterocycles. The van der Waals surface area contributed by atoms with Crippen LogP contribution in [-0.4, -0.2) is 61.2 Å². The molecular formula is C24H27ClFN5O3. The highest BCUT2D eigenvalue weighted by atomic mass is 35.5. The Labute approximate surface area is 202 Å². The summed E-state index contributed by atoms with van der Waals surface area (Å²) in [6, 6.07) is 7.74. The number of fused-ring (bicyclic) bond motifs is 1. The maximum atomic E-state index is 13.5. The van der Waals surface area contributed by atoms with Crippen LogP contribution >= 0.6 is 11.6 Å². The third-order valence-corrected chi connectivity index (χ3v) is 4.94. The number of ether oxygens (including phenoxy) is 2. The second-order valence-corrected chi connectivity index (χ2v) is 8.29. The van der Waals surface area contributed by atoms with E-state index in [2.05, 4.69) is 20.6 Å². The second kappa shape index (κ2) is 11.7. The number of likely N-dealkylation sites (N-methyl/N-ethyl adjacent to an activating group) is 1. The van der Waals surface area contributed by atoms with Gasteiger partial charge < -0.3 is 25.0 Å². The van der Waals surface area contributed by atoms with Gasteiger partial charge in [0.2, 0.25) is 5.91 Å². The molecule has 0 radical (unpaired) electrons. The second-order valence-electron chi connectivity index (χ2n) is 7.88. The van der Waals surface area contributed by atoms with E-state index in [1.807, 2.05) is 25.9 Å². The van der Waals surface area contributed by atoms with E-state index in [9.17, 15) is 9.18 Å². The van der Waals surface area contributed by atoms with E-state index in [0.717, 1.165) is 0 Å². The van der Waals surface area contributed by atoms with Gasteiger partial charge in [-0.05, 0) is 45.3 Å². The largest absolute Gasteiger partial charge is 0.486 e. The predicted molar refractivity (Wildman–Crippen MR) is 133 cm³/mol. The quantitative estimate of drug-likeness (QED) is 0.403. The van der Waals surface area contributed by atoms with Crippen molar-refractivity contribution in [2.45, 2.75) is 13.0 Å². The molecular weight excluding hydrogens is 461 g/mol. The van der Waals surface area contributed by atoms with Crippen molar-refractivity contribution in [3.8, 4) is 5.75 Å². The van der Waals surface area contributed by atoms with Crippen LogP contribution in [0.15, 0.2) is 48.8 Å². The lowest BCUT2D eigenvalue weighted by atomic mass is 10.1. The van der Waals surface area contributed by atoms with Gasteiger partial charge in [-0.3, -0.25) is 4.79 Å². The van der Waals surface area contributed by atoms with Gasteiger partial charge in [0, 0.05) is 36.9 Å². The van der Waals surface area contributed by atoms with Crippen molar-refractivity contribution >= 4 is 45.6 Å². The summed E-state index contributed by atoms with van der Waals surface area (Å²) in [5, 5.41) is 6.61. The molecule has 1 atom stereocenters. The molecule has 8 nitrogen and oxygen atoms in total. The van der Waals surface area contributed by atoms with Crippen LogP contribution in [0, 0.1) is 5.82 Å². The van der Waals surface area contributed by atoms with Gasteiger partial charge >= 0.3 is 0 Å². The molecule has 0 saturated carbocycles. The first-order valence-corrected chi connectivity index (χ1v) is 10.9. The Bertz CT molecular complexity index is 1190. The molecule has 0 fully saturated rings. The van der Waals surface area contributed by atoms with Crippen molar-refractivity contribution in [3.05, 3.63) is 59.7 Å². The van der Waals surface area contributed by atoms with E-state index >= 15 is 0 Å². The summed E-state index contributed by atoms with van der Waals surface area (Å²) in [4.78, 5) is 23.1. The van der Waals surface area contributed by atoms with Crippen molar-refractivity contribution in [1.82, 2.24) is 14.9 Å². The minimum absolute atomic E-state index is 0.0105. The minimum atomic E-state index is -0.515. The number of hydrogen-bond donors (Lipinski definition) is 2. The summed E-state index contributed by atoms with van der Waals surface area (Å²) in [6.07, 6.45) is 4.37. The van der Waals surface area contributed by atoms with Crippen LogP contribution in [0.25, 0.3) is 10.9 Å². The summed E-state index contributed by atoms with van der Waals surface area (Å²) >= 11 is 5.91. The van der Waals surface area contributed by atoms with Crippen LogP contribution < -0.4 is 15.4 Å². The number of nitrogens with zero attached hydrogens (tertiary/aromatic N) is 3. The molecule has 2 aromatic carbocycles. The van der Waals surface area contributed by atoms with Crippen molar-refractivity contribution in [2.24, 2.45) is 0 Å². The fourth-order valence-electron chi connectivity index (χ4n) is 3.12. The molecule has 0 saturated heterocycles. The molecule has 2 N–H and O–H groups in total. The van der Waals surface area contributed by atoms with Crippen molar-refractivity contribution in [2.75, 3.05) is 45.0 Å². The third-order valence-electron chi connectivity index (χ3n) is 4.65. The number of methoxy groups -OCH3 is 1. The number of carbonyl (C=O) groups excluding carboxylic acids is 1. The Hall–Kier alpha value is -3.27. The van der Waals surface area contributed by atoms with Crippen molar-refractivity contribution in [1.29, 1.82) is 0 Å². The molecule has 34 heavy (non-hydrogen) atoms. The first-order valence-electron chi connectivity index (χ1n) is 10.6. The van der Waals surface area contributed by atoms with Crippen molar-refractivity contribution in [3.63, 3.8) is 0 Å². The molecule has 0 aliphatic carbocycles. The molecule has 1 aromatic heterocycles. The van der Waals surface area contributed by atoms with Crippen LogP contribution in [0.1, 0.15) is 6.92 Å². The fraction of sp³-hybridized carbons (Fsp3) is 0.292. The van der Waals surface area contributed by atoms with Gasteiger partial charge in [0.25, 0.3) is 0 Å². The lowest BCUT2D eigenvalue weighted by molar-refractivity contribution is -0.111. The number of hydrogen-bond acceptors (Lipinski definition) is 7. The lowest BCUT2D eigenvalue weighted by Gasteiger charge is -2.18. The third kappa shape index (κ3) is 6.86. The molecule has 0 aliphatic rings. The highest BCUT2D eigenvalue weighted by Gasteiger charge is 2.15. The molecule has 3 rings (SSSR count). The summed E-state index contributed by atoms with van der Waals surface area (Å²) in [5.74, 6) is 0.0878. The van der Waals surface area contributed by atoms with E-state index in [-0.39, 0.29) is 17.0 Å². The number of halogens is 2. The van der Waals surface area contributed by atoms with Crippen LogP contribution in [0.4, 0.5) is 21.6 Å². The Balaban J connectivity index is 1.99. The minimum Gasteiger partial charge on any atom is -0.486 e. The number of amides is 1. The van der Waals surface area contributed by atoms with Gasteiger partial charge in [-0.1, -0.05) is 17.7 Å². The summed E-state index contributed by atoms with van der Waals surface area (Å²) in [5.41, 5.74) is 1.59. The zero-order chi connectivity index (χ0) is 24.7. The number of aromatic nitrogens is 2. The van der Waals surface area contributed by atoms with E-state index in [4.69, 9.17) is 21.1 Å². The Morgan fingerprint density at radius 2 is 2.06 bits per heavy atom. The first-order chi connectivity index (χ1) is 16.3. The maximum absolute atomic E-state index is 13.5. The molecule has 0 unspecified atom stereocenters. The average molecular weight is 488 g/mol. The van der Waals surface area contributed by atoms with Gasteiger partial charge in [-0.2, -0.15) is 0 Å². The van der Waals surface area contributed by atoms with E-state index < -0.39 is 5.82 Å². The van der Waals surface area contributed by atoms with Crippen LogP contribution in [0.2, 0.25) is 5.02 Å². The molecule has 180 valence electrons. The number of anilines is 3. The molecule has 0 aliphatic heterocycles. The smallest absolute Gasteiger partial charge is 0.248 e. The van der Waals surface area contributed by atoms with Gasteiger partial charge in [0.1, 0.15) is 29.8 Å². The number of rotatable bonds is 10. The maximum Gasteiger partial charge on any atom is 0.248 e. The SMILES string of the molecule is COC[C@H](C)Oc1cc2ncnc(Nc3ccc(F)c(Cl)c3)c2cc1NC(=O)/C=C/CN(C)C. The number of nitrogens with one attached hydrogen (secondary N) is 2. The average Bonchev–Trinajstić information content (AvgIpc) is 2.77. The van der Waals surface area contributed by atoms with E-state index in [0.29, 0.717) is 47.0 Å². The van der Waals surface area contributed by atoms with E-state index in [1.54, 1.807) is 31.4 Å². The standard InChI is InChI=1S/C24H27ClFN5O3/c1-15(13-33-4)34-22-12-20-17(11-21(22)30-23(32)6-5-9-31(2)3)24(28-14-27-20)29-16-7-8-19(26)18(25)10-16/h5-8,10-12,14-15H,9,13H2,1-4H3,(H,30,32)(H,27,28,29)/b6-5+/t15-/m0/s1. The molecule has 10 heteroatoms. The van der Waals surface area contributed by atoms with E-state index in [1.165, 1.54) is 24.5 Å². The normalized spacial score (nSPS) is 12.3. The van der Waals surface area contributed by atoms with Crippen LogP contribution in [-0.2, 0) is 9.53 Å². The number of carbonyl (C=O) groups is 1. The predicted octanol–water partition coefficient (Wildman–Crippen LogP) is 4.64. The first kappa shape index (κ1) is 25.4. The summed E-state index contributed by atoms with van der Waals surface area (Å²) in [6.45, 7) is 2.86. The topological polar surface area (TPSA) is 88.6 Å². The van der Waals surface area contributed by atoms with Crippen LogP contribution in [0.3, 0.4) is 0 Å². The monoisotopic (exact) mass is 487 g/mol. The molecule has 1 amide bonds. The zero-order valence-corrected chi connectivity index (χ0v) is 20.2. The molecule has 3 aromatic rings. The van der Waals surface area contributed by atoms with Gasteiger partial charge in [0.15, 0.2) is 0 Å². The summed E-state index contributed by atoms with van der Waals surface area (Å²) in [7, 11) is 5.42. The highest BCUT2D eigenvalue weighted by Crippen LogP contribution is 2.34. The summed E-state index contributed by atoms with van der Waals surface area (Å²) < 4.78 is 24.7. The van der Waals surface area contributed by atoms with Gasteiger partial charge in [-0.15, -0.1) is 0 Å².